The lowest BCUT2D eigenvalue weighted by Gasteiger charge is -2.04. The molecule has 0 unspecified atom stereocenters. The normalized spacial score (nSPS) is 9.89. The first-order valence-electron chi connectivity index (χ1n) is 10.2. The van der Waals surface area contributed by atoms with E-state index in [-0.39, 0.29) is 5.97 Å². The van der Waals surface area contributed by atoms with Gasteiger partial charge in [0.25, 0.3) is 0 Å². The molecule has 28 heavy (non-hydrogen) atoms. The number of carbonyl (C=O) groups excluding carboxylic acids is 1. The van der Waals surface area contributed by atoms with Gasteiger partial charge in [-0.15, -0.1) is 0 Å². The first kappa shape index (κ1) is 23.4. The third-order valence-corrected chi connectivity index (χ3v) is 4.26. The van der Waals surface area contributed by atoms with Crippen molar-refractivity contribution in [3.63, 3.8) is 0 Å². The van der Waals surface area contributed by atoms with Crippen molar-refractivity contribution in [2.24, 2.45) is 0 Å². The van der Waals surface area contributed by atoms with E-state index in [9.17, 15) is 9.59 Å². The van der Waals surface area contributed by atoms with Crippen molar-refractivity contribution in [2.45, 2.75) is 58.3 Å². The first-order chi connectivity index (χ1) is 13.6. The molecule has 4 nitrogen and oxygen atoms in total. The number of carbonyl (C=O) groups is 2. The van der Waals surface area contributed by atoms with E-state index in [0.29, 0.717) is 17.7 Å². The summed E-state index contributed by atoms with van der Waals surface area (Å²) in [7, 11) is 0. The van der Waals surface area contributed by atoms with E-state index in [2.05, 4.69) is 6.92 Å². The summed E-state index contributed by atoms with van der Waals surface area (Å²) >= 11 is 0. The zero-order chi connectivity index (χ0) is 20.5. The average Bonchev–Trinajstić information content (AvgIpc) is 2.74. The fourth-order valence-electron chi connectivity index (χ4n) is 2.64. The van der Waals surface area contributed by atoms with Crippen LogP contribution in [-0.4, -0.2) is 23.7 Å². The second kappa shape index (κ2) is 15.4. The Bertz CT molecular complexity index is 653. The lowest BCUT2D eigenvalue weighted by atomic mass is 10.1. The second-order valence-electron chi connectivity index (χ2n) is 6.65. The van der Waals surface area contributed by atoms with Crippen LogP contribution in [0.1, 0.15) is 79.0 Å². The lowest BCUT2D eigenvalue weighted by molar-refractivity contribution is 0.0497. The predicted molar refractivity (Wildman–Crippen MR) is 113 cm³/mol. The molecule has 0 radical (unpaired) electrons. The van der Waals surface area contributed by atoms with Crippen LogP contribution >= 0.6 is 0 Å². The van der Waals surface area contributed by atoms with Gasteiger partial charge in [0.2, 0.25) is 0 Å². The highest BCUT2D eigenvalue weighted by molar-refractivity contribution is 5.89. The van der Waals surface area contributed by atoms with Gasteiger partial charge in [0, 0.05) is 0 Å². The molecule has 0 aromatic heterocycles. The first-order valence-corrected chi connectivity index (χ1v) is 10.2. The summed E-state index contributed by atoms with van der Waals surface area (Å²) in [6.45, 7) is 2.78. The molecule has 0 saturated heterocycles. The van der Waals surface area contributed by atoms with Gasteiger partial charge in [0.15, 0.2) is 0 Å². The number of carboxylic acid groups (broad SMARTS) is 1. The number of benzene rings is 2. The predicted octanol–water partition coefficient (Wildman–Crippen LogP) is 6.37. The molecule has 0 aliphatic rings. The SMILES string of the molecule is CCCCCCCCCCOC(=O)c1ccccc1.O=C(O)c1ccccc1. The minimum atomic E-state index is -0.879. The topological polar surface area (TPSA) is 63.6 Å². The zero-order valence-corrected chi connectivity index (χ0v) is 16.8. The van der Waals surface area contributed by atoms with Gasteiger partial charge < -0.3 is 9.84 Å². The van der Waals surface area contributed by atoms with Gasteiger partial charge in [0.05, 0.1) is 17.7 Å². The van der Waals surface area contributed by atoms with Gasteiger partial charge in [-0.1, -0.05) is 88.3 Å². The van der Waals surface area contributed by atoms with Crippen LogP contribution in [0.5, 0.6) is 0 Å². The van der Waals surface area contributed by atoms with Crippen LogP contribution in [0.4, 0.5) is 0 Å². The van der Waals surface area contributed by atoms with Crippen molar-refractivity contribution in [2.75, 3.05) is 6.61 Å². The fraction of sp³-hybridized carbons (Fsp3) is 0.417. The van der Waals surface area contributed by atoms with E-state index in [0.717, 1.165) is 12.8 Å². The van der Waals surface area contributed by atoms with Crippen molar-refractivity contribution in [1.82, 2.24) is 0 Å². The Morgan fingerprint density at radius 3 is 1.64 bits per heavy atom. The summed E-state index contributed by atoms with van der Waals surface area (Å²) in [6.07, 6.45) is 10.1. The number of hydrogen-bond donors (Lipinski definition) is 1. The molecule has 2 rings (SSSR count). The standard InChI is InChI=1S/C17H26O2.C7H6O2/c1-2-3-4-5-6-7-8-12-15-19-17(18)16-13-10-9-11-14-16;8-7(9)6-4-2-1-3-5-6/h9-11,13-14H,2-8,12,15H2,1H3;1-5H,(H,8,9). The molecule has 2 aromatic carbocycles. The minimum Gasteiger partial charge on any atom is -0.478 e. The van der Waals surface area contributed by atoms with E-state index < -0.39 is 5.97 Å². The number of aromatic carboxylic acids is 1. The monoisotopic (exact) mass is 384 g/mol. The minimum absolute atomic E-state index is 0.205. The summed E-state index contributed by atoms with van der Waals surface area (Å²) in [5, 5.41) is 8.38. The van der Waals surface area contributed by atoms with Gasteiger partial charge in [-0.3, -0.25) is 0 Å². The summed E-state index contributed by atoms with van der Waals surface area (Å²) in [4.78, 5) is 21.8. The van der Waals surface area contributed by atoms with Gasteiger partial charge in [-0.05, 0) is 30.7 Å². The number of ether oxygens (including phenoxy) is 1. The van der Waals surface area contributed by atoms with Crippen molar-refractivity contribution in [3.8, 4) is 0 Å². The van der Waals surface area contributed by atoms with Crippen LogP contribution in [0.3, 0.4) is 0 Å². The summed E-state index contributed by atoms with van der Waals surface area (Å²) in [5.74, 6) is -1.08. The molecule has 4 heteroatoms. The van der Waals surface area contributed by atoms with E-state index in [1.165, 1.54) is 38.5 Å². The Morgan fingerprint density at radius 1 is 0.714 bits per heavy atom. The van der Waals surface area contributed by atoms with Crippen LogP contribution in [0.2, 0.25) is 0 Å². The van der Waals surface area contributed by atoms with Crippen molar-refractivity contribution in [3.05, 3.63) is 71.8 Å². The van der Waals surface area contributed by atoms with E-state index in [1.54, 1.807) is 42.5 Å². The Balaban J connectivity index is 0.000000362. The molecule has 2 aromatic rings. The van der Waals surface area contributed by atoms with E-state index >= 15 is 0 Å². The smallest absolute Gasteiger partial charge is 0.338 e. The maximum Gasteiger partial charge on any atom is 0.338 e. The van der Waals surface area contributed by atoms with Crippen molar-refractivity contribution in [1.29, 1.82) is 0 Å². The number of hydrogen-bond acceptors (Lipinski definition) is 3. The van der Waals surface area contributed by atoms with E-state index in [1.807, 2.05) is 18.2 Å². The average molecular weight is 385 g/mol. The highest BCUT2D eigenvalue weighted by Gasteiger charge is 2.04. The van der Waals surface area contributed by atoms with Crippen LogP contribution in [-0.2, 0) is 4.74 Å². The van der Waals surface area contributed by atoms with Crippen molar-refractivity contribution >= 4 is 11.9 Å². The maximum atomic E-state index is 11.6. The third-order valence-electron chi connectivity index (χ3n) is 4.26. The van der Waals surface area contributed by atoms with Crippen LogP contribution < -0.4 is 0 Å². The summed E-state index contributed by atoms with van der Waals surface area (Å²) in [5.41, 5.74) is 0.972. The Hall–Kier alpha value is -2.62. The lowest BCUT2D eigenvalue weighted by Crippen LogP contribution is -2.06. The molecule has 0 heterocycles. The number of esters is 1. The Kier molecular flexibility index (Phi) is 12.9. The molecule has 1 N–H and O–H groups in total. The largest absolute Gasteiger partial charge is 0.478 e. The number of rotatable bonds is 11. The van der Waals surface area contributed by atoms with Gasteiger partial charge >= 0.3 is 11.9 Å². The quantitative estimate of drug-likeness (QED) is 0.361. The van der Waals surface area contributed by atoms with E-state index in [4.69, 9.17) is 9.84 Å². The fourth-order valence-corrected chi connectivity index (χ4v) is 2.64. The number of unbranched alkanes of at least 4 members (excludes halogenated alkanes) is 7. The molecule has 152 valence electrons. The van der Waals surface area contributed by atoms with Crippen LogP contribution in [0.25, 0.3) is 0 Å². The van der Waals surface area contributed by atoms with Gasteiger partial charge in [-0.2, -0.15) is 0 Å². The second-order valence-corrected chi connectivity index (χ2v) is 6.65. The highest BCUT2D eigenvalue weighted by atomic mass is 16.5. The molecule has 0 amide bonds. The Morgan fingerprint density at radius 2 is 1.18 bits per heavy atom. The molecular weight excluding hydrogens is 352 g/mol. The maximum absolute atomic E-state index is 11.6. The summed E-state index contributed by atoms with van der Waals surface area (Å²) < 4.78 is 5.23. The van der Waals surface area contributed by atoms with Crippen LogP contribution in [0.15, 0.2) is 60.7 Å². The van der Waals surface area contributed by atoms with Crippen molar-refractivity contribution < 1.29 is 19.4 Å². The molecule has 0 aliphatic heterocycles. The third kappa shape index (κ3) is 11.2. The number of carboxylic acids is 1. The summed E-state index contributed by atoms with van der Waals surface area (Å²) in [6, 6.07) is 17.5. The molecule has 0 atom stereocenters. The van der Waals surface area contributed by atoms with Gasteiger partial charge in [0.1, 0.15) is 0 Å². The molecule has 0 bridgehead atoms. The molecular formula is C24H32O4. The molecule has 0 aliphatic carbocycles. The Labute approximate surface area is 168 Å². The molecule has 0 saturated carbocycles. The highest BCUT2D eigenvalue weighted by Crippen LogP contribution is 2.09. The van der Waals surface area contributed by atoms with Crippen LogP contribution in [0, 0.1) is 0 Å². The molecule has 0 fully saturated rings. The molecule has 0 spiro atoms. The van der Waals surface area contributed by atoms with Gasteiger partial charge in [-0.25, -0.2) is 9.59 Å². The zero-order valence-electron chi connectivity index (χ0n) is 16.8.